The Hall–Kier alpha value is -1.10. The van der Waals surface area contributed by atoms with E-state index in [1.165, 1.54) is 0 Å². The highest BCUT2D eigenvalue weighted by Gasteiger charge is 2.28. The van der Waals surface area contributed by atoms with Crippen molar-refractivity contribution in [2.24, 2.45) is 11.7 Å². The molecule has 0 bridgehead atoms. The largest absolute Gasteiger partial charge is 0.465 e. The van der Waals surface area contributed by atoms with Crippen LogP contribution in [0.1, 0.15) is 19.8 Å². The van der Waals surface area contributed by atoms with Gasteiger partial charge in [-0.15, -0.1) is 0 Å². The molecule has 15 heavy (non-hydrogen) atoms. The van der Waals surface area contributed by atoms with Gasteiger partial charge in [0.25, 0.3) is 0 Å². The Labute approximate surface area is 89.6 Å². The Morgan fingerprint density at radius 1 is 1.67 bits per heavy atom. The predicted octanol–water partition coefficient (Wildman–Crippen LogP) is -0.253. The molecule has 0 aromatic heterocycles. The van der Waals surface area contributed by atoms with E-state index in [9.17, 15) is 9.59 Å². The van der Waals surface area contributed by atoms with Crippen molar-refractivity contribution in [2.75, 3.05) is 26.2 Å². The molecule has 1 aliphatic rings. The number of hydrogen-bond acceptors (Lipinski definition) is 4. The highest BCUT2D eigenvalue weighted by Crippen LogP contribution is 2.16. The molecule has 1 aliphatic heterocycles. The van der Waals surface area contributed by atoms with E-state index < -0.39 is 0 Å². The average Bonchev–Trinajstić information content (AvgIpc) is 2.21. The Morgan fingerprint density at radius 2 is 2.40 bits per heavy atom. The summed E-state index contributed by atoms with van der Waals surface area (Å²) in [4.78, 5) is 24.5. The average molecular weight is 214 g/mol. The molecular weight excluding hydrogens is 196 g/mol. The number of likely N-dealkylation sites (tertiary alicyclic amines) is 1. The van der Waals surface area contributed by atoms with Crippen LogP contribution in [0.25, 0.3) is 0 Å². The third-order valence-electron chi connectivity index (χ3n) is 2.55. The van der Waals surface area contributed by atoms with Crippen LogP contribution in [0.3, 0.4) is 0 Å². The van der Waals surface area contributed by atoms with Crippen LogP contribution >= 0.6 is 0 Å². The van der Waals surface area contributed by atoms with Gasteiger partial charge in [-0.1, -0.05) is 0 Å². The summed E-state index contributed by atoms with van der Waals surface area (Å²) in [7, 11) is 0. The van der Waals surface area contributed by atoms with Gasteiger partial charge in [0.2, 0.25) is 5.91 Å². The first-order valence-electron chi connectivity index (χ1n) is 5.33. The Bertz CT molecular complexity index is 243. The van der Waals surface area contributed by atoms with Gasteiger partial charge >= 0.3 is 5.97 Å². The van der Waals surface area contributed by atoms with E-state index in [-0.39, 0.29) is 24.3 Å². The summed E-state index contributed by atoms with van der Waals surface area (Å²) >= 11 is 0. The molecule has 0 aromatic rings. The third-order valence-corrected chi connectivity index (χ3v) is 2.55. The third kappa shape index (κ3) is 3.20. The number of ether oxygens (including phenoxy) is 1. The SMILES string of the molecule is CCOC(=O)CN1CCCC(CN)C1=O. The van der Waals surface area contributed by atoms with Gasteiger partial charge in [-0.25, -0.2) is 0 Å². The van der Waals surface area contributed by atoms with Gasteiger partial charge in [-0.2, -0.15) is 0 Å². The lowest BCUT2D eigenvalue weighted by Crippen LogP contribution is -2.46. The number of rotatable bonds is 4. The van der Waals surface area contributed by atoms with E-state index in [4.69, 9.17) is 10.5 Å². The Balaban J connectivity index is 2.47. The molecule has 1 saturated heterocycles. The van der Waals surface area contributed by atoms with E-state index in [0.29, 0.717) is 19.7 Å². The van der Waals surface area contributed by atoms with Crippen molar-refractivity contribution in [3.63, 3.8) is 0 Å². The second-order valence-electron chi connectivity index (χ2n) is 3.64. The van der Waals surface area contributed by atoms with Crippen molar-refractivity contribution in [3.8, 4) is 0 Å². The zero-order chi connectivity index (χ0) is 11.3. The number of piperidine rings is 1. The fraction of sp³-hybridized carbons (Fsp3) is 0.800. The number of carbonyl (C=O) groups is 2. The lowest BCUT2D eigenvalue weighted by atomic mass is 9.97. The number of hydrogen-bond donors (Lipinski definition) is 1. The maximum absolute atomic E-state index is 11.7. The zero-order valence-electron chi connectivity index (χ0n) is 9.07. The molecule has 5 nitrogen and oxygen atoms in total. The molecule has 0 radical (unpaired) electrons. The predicted molar refractivity (Wildman–Crippen MR) is 55.0 cm³/mol. The quantitative estimate of drug-likeness (QED) is 0.655. The van der Waals surface area contributed by atoms with Crippen molar-refractivity contribution < 1.29 is 14.3 Å². The standard InChI is InChI=1S/C10H18N2O3/c1-2-15-9(13)7-12-5-3-4-8(6-11)10(12)14/h8H,2-7,11H2,1H3. The van der Waals surface area contributed by atoms with E-state index >= 15 is 0 Å². The maximum atomic E-state index is 11.7. The smallest absolute Gasteiger partial charge is 0.325 e. The summed E-state index contributed by atoms with van der Waals surface area (Å²) in [5.41, 5.74) is 5.48. The van der Waals surface area contributed by atoms with E-state index in [0.717, 1.165) is 12.8 Å². The van der Waals surface area contributed by atoms with E-state index in [2.05, 4.69) is 0 Å². The summed E-state index contributed by atoms with van der Waals surface area (Å²) in [6.45, 7) is 3.15. The van der Waals surface area contributed by atoms with Crippen LogP contribution in [0.4, 0.5) is 0 Å². The van der Waals surface area contributed by atoms with Gasteiger partial charge in [-0.05, 0) is 19.8 Å². The summed E-state index contributed by atoms with van der Waals surface area (Å²) in [6.07, 6.45) is 1.74. The lowest BCUT2D eigenvalue weighted by molar-refractivity contribution is -0.151. The Morgan fingerprint density at radius 3 is 3.00 bits per heavy atom. The van der Waals surface area contributed by atoms with Crippen LogP contribution in [0, 0.1) is 5.92 Å². The first-order valence-corrected chi connectivity index (χ1v) is 5.33. The fourth-order valence-electron chi connectivity index (χ4n) is 1.76. The zero-order valence-corrected chi connectivity index (χ0v) is 9.07. The Kier molecular flexibility index (Phi) is 4.55. The molecule has 1 rings (SSSR count). The topological polar surface area (TPSA) is 72.6 Å². The van der Waals surface area contributed by atoms with Crippen molar-refractivity contribution in [1.82, 2.24) is 4.90 Å². The minimum absolute atomic E-state index is 0.0168. The van der Waals surface area contributed by atoms with E-state index in [1.54, 1.807) is 11.8 Å². The molecule has 1 atom stereocenters. The van der Waals surface area contributed by atoms with Gasteiger partial charge in [0.1, 0.15) is 6.54 Å². The van der Waals surface area contributed by atoms with Crippen molar-refractivity contribution in [1.29, 1.82) is 0 Å². The fourth-order valence-corrected chi connectivity index (χ4v) is 1.76. The molecule has 1 heterocycles. The molecular formula is C10H18N2O3. The summed E-state index contributed by atoms with van der Waals surface area (Å²) < 4.78 is 4.80. The molecule has 0 saturated carbocycles. The number of nitrogens with zero attached hydrogens (tertiary/aromatic N) is 1. The molecule has 0 aliphatic carbocycles. The molecule has 1 fully saturated rings. The molecule has 0 spiro atoms. The van der Waals surface area contributed by atoms with Crippen LogP contribution < -0.4 is 5.73 Å². The van der Waals surface area contributed by atoms with Crippen molar-refractivity contribution in [2.45, 2.75) is 19.8 Å². The number of nitrogens with two attached hydrogens (primary N) is 1. The molecule has 1 unspecified atom stereocenters. The van der Waals surface area contributed by atoms with Gasteiger partial charge in [-0.3, -0.25) is 9.59 Å². The lowest BCUT2D eigenvalue weighted by Gasteiger charge is -2.30. The summed E-state index contributed by atoms with van der Waals surface area (Å²) in [5, 5.41) is 0. The minimum atomic E-state index is -0.344. The van der Waals surface area contributed by atoms with Crippen molar-refractivity contribution >= 4 is 11.9 Å². The van der Waals surface area contributed by atoms with Crippen LogP contribution in [-0.2, 0) is 14.3 Å². The van der Waals surface area contributed by atoms with Crippen LogP contribution in [0.5, 0.6) is 0 Å². The van der Waals surface area contributed by atoms with E-state index in [1.807, 2.05) is 0 Å². The van der Waals surface area contributed by atoms with Crippen molar-refractivity contribution in [3.05, 3.63) is 0 Å². The van der Waals surface area contributed by atoms with Gasteiger partial charge in [0.05, 0.1) is 12.5 Å². The number of carbonyl (C=O) groups excluding carboxylic acids is 2. The second-order valence-corrected chi connectivity index (χ2v) is 3.64. The normalized spacial score (nSPS) is 21.6. The maximum Gasteiger partial charge on any atom is 0.325 e. The van der Waals surface area contributed by atoms with Gasteiger partial charge in [0, 0.05) is 13.1 Å². The van der Waals surface area contributed by atoms with Gasteiger partial charge < -0.3 is 15.4 Å². The molecule has 2 N–H and O–H groups in total. The summed E-state index contributed by atoms with van der Waals surface area (Å²) in [5.74, 6) is -0.478. The second kappa shape index (κ2) is 5.70. The highest BCUT2D eigenvalue weighted by atomic mass is 16.5. The van der Waals surface area contributed by atoms with Gasteiger partial charge in [0.15, 0.2) is 0 Å². The van der Waals surface area contributed by atoms with Crippen LogP contribution in [-0.4, -0.2) is 43.0 Å². The monoisotopic (exact) mass is 214 g/mol. The van der Waals surface area contributed by atoms with Crippen LogP contribution in [0.15, 0.2) is 0 Å². The first kappa shape index (κ1) is 12.0. The highest BCUT2D eigenvalue weighted by molar-refractivity contribution is 5.84. The molecule has 0 aromatic carbocycles. The van der Waals surface area contributed by atoms with Crippen LogP contribution in [0.2, 0.25) is 0 Å². The molecule has 5 heteroatoms. The number of esters is 1. The molecule has 1 amide bonds. The summed E-state index contributed by atoms with van der Waals surface area (Å²) in [6, 6.07) is 0. The minimum Gasteiger partial charge on any atom is -0.465 e. The number of amides is 1. The first-order chi connectivity index (χ1) is 7.19. The molecule has 86 valence electrons.